The number of carbonyl (C=O) groups excluding carboxylic acids is 1. The van der Waals surface area contributed by atoms with Gasteiger partial charge in [0.25, 0.3) is 0 Å². The molecule has 0 radical (unpaired) electrons. The van der Waals surface area contributed by atoms with Crippen molar-refractivity contribution in [1.82, 2.24) is 10.3 Å². The number of nitrogens with one attached hydrogen (secondary N) is 1. The molecule has 1 rings (SSSR count). The number of nitrogens with two attached hydrogens (primary N) is 1. The number of nitrogens with zero attached hydrogens (tertiary/aromatic N) is 1. The minimum Gasteiger partial charge on any atom is -0.388 e. The minimum absolute atomic E-state index is 0.357. The lowest BCUT2D eigenvalue weighted by Gasteiger charge is -2.28. The van der Waals surface area contributed by atoms with E-state index in [1.807, 2.05) is 5.43 Å². The smallest absolute Gasteiger partial charge is 0.331 e. The maximum absolute atomic E-state index is 11.0. The lowest BCUT2D eigenvalue weighted by Crippen LogP contribution is -2.48. The van der Waals surface area contributed by atoms with Gasteiger partial charge in [0.05, 0.1) is 12.1 Å². The summed E-state index contributed by atoms with van der Waals surface area (Å²) in [5, 5.41) is 9.94. The Morgan fingerprint density at radius 3 is 2.62 bits per heavy atom. The number of likely N-dealkylation sites (N-methyl/N-ethyl adjacent to an activating group) is 1. The Kier molecular flexibility index (Phi) is 3.11. The molecular formula is C8H17N3O2. The fraction of sp³-hybridized carbons (Fsp3) is 0.875. The van der Waals surface area contributed by atoms with Crippen LogP contribution in [0, 0.1) is 0 Å². The first-order chi connectivity index (χ1) is 6.07. The molecule has 0 bridgehead atoms. The van der Waals surface area contributed by atoms with Gasteiger partial charge in [-0.25, -0.2) is 10.6 Å². The fourth-order valence-corrected chi connectivity index (χ4v) is 1.81. The molecule has 0 aromatic heterocycles. The predicted molar refractivity (Wildman–Crippen MR) is 48.8 cm³/mol. The highest BCUT2D eigenvalue weighted by molar-refractivity contribution is 5.73. The Morgan fingerprint density at radius 1 is 1.62 bits per heavy atom. The van der Waals surface area contributed by atoms with Crippen LogP contribution in [0.3, 0.4) is 0 Å². The highest BCUT2D eigenvalue weighted by Gasteiger charge is 2.33. The van der Waals surface area contributed by atoms with Crippen LogP contribution >= 0.6 is 0 Å². The van der Waals surface area contributed by atoms with Crippen LogP contribution in [-0.4, -0.2) is 35.2 Å². The average Bonchev–Trinajstić information content (AvgIpc) is 2.50. The zero-order chi connectivity index (χ0) is 9.90. The third-order valence-electron chi connectivity index (χ3n) is 2.54. The summed E-state index contributed by atoms with van der Waals surface area (Å²) in [5.41, 5.74) is 1.34. The van der Waals surface area contributed by atoms with E-state index in [1.165, 1.54) is 4.90 Å². The molecule has 5 heteroatoms. The van der Waals surface area contributed by atoms with Crippen molar-refractivity contribution in [3.05, 3.63) is 0 Å². The zero-order valence-corrected chi connectivity index (χ0v) is 7.92. The molecule has 2 amide bonds. The Morgan fingerprint density at radius 2 is 2.15 bits per heavy atom. The Hall–Kier alpha value is -0.810. The predicted octanol–water partition coefficient (Wildman–Crippen LogP) is -0.193. The molecule has 1 fully saturated rings. The maximum atomic E-state index is 11.0. The van der Waals surface area contributed by atoms with Crippen molar-refractivity contribution >= 4 is 6.03 Å². The van der Waals surface area contributed by atoms with Crippen molar-refractivity contribution in [1.29, 1.82) is 0 Å². The van der Waals surface area contributed by atoms with Gasteiger partial charge in [0.1, 0.15) is 0 Å². The fourth-order valence-electron chi connectivity index (χ4n) is 1.81. The minimum atomic E-state index is -0.693. The van der Waals surface area contributed by atoms with Gasteiger partial charge in [-0.05, 0) is 12.8 Å². The molecule has 0 spiro atoms. The van der Waals surface area contributed by atoms with E-state index in [-0.39, 0.29) is 6.03 Å². The van der Waals surface area contributed by atoms with E-state index in [1.54, 1.807) is 7.05 Å². The lowest BCUT2D eigenvalue weighted by molar-refractivity contribution is 0.0247. The van der Waals surface area contributed by atoms with Crippen LogP contribution in [0.4, 0.5) is 4.79 Å². The molecular weight excluding hydrogens is 170 g/mol. The van der Waals surface area contributed by atoms with E-state index in [0.717, 1.165) is 25.7 Å². The molecule has 1 aliphatic rings. The Balaban J connectivity index is 2.42. The summed E-state index contributed by atoms with van der Waals surface area (Å²) in [5.74, 6) is 4.97. The summed E-state index contributed by atoms with van der Waals surface area (Å²) in [4.78, 5) is 12.4. The van der Waals surface area contributed by atoms with Crippen molar-refractivity contribution < 1.29 is 9.90 Å². The maximum Gasteiger partial charge on any atom is 0.331 e. The van der Waals surface area contributed by atoms with Gasteiger partial charge in [0.2, 0.25) is 0 Å². The van der Waals surface area contributed by atoms with Gasteiger partial charge in [0, 0.05) is 7.05 Å². The van der Waals surface area contributed by atoms with Crippen LogP contribution in [-0.2, 0) is 0 Å². The topological polar surface area (TPSA) is 78.6 Å². The third kappa shape index (κ3) is 2.57. The van der Waals surface area contributed by atoms with Crippen LogP contribution in [0.2, 0.25) is 0 Å². The molecule has 0 saturated heterocycles. The van der Waals surface area contributed by atoms with Crippen LogP contribution < -0.4 is 11.3 Å². The van der Waals surface area contributed by atoms with E-state index in [4.69, 9.17) is 5.84 Å². The first kappa shape index (κ1) is 10.3. The summed E-state index contributed by atoms with van der Waals surface area (Å²) in [6.45, 7) is 0.357. The summed E-state index contributed by atoms with van der Waals surface area (Å²) >= 11 is 0. The van der Waals surface area contributed by atoms with Crippen LogP contribution in [0.25, 0.3) is 0 Å². The van der Waals surface area contributed by atoms with Gasteiger partial charge in [0.15, 0.2) is 0 Å². The number of urea groups is 1. The van der Waals surface area contributed by atoms with Crippen molar-refractivity contribution in [2.45, 2.75) is 31.3 Å². The van der Waals surface area contributed by atoms with Gasteiger partial charge in [-0.3, -0.25) is 5.43 Å². The second-order valence-corrected chi connectivity index (χ2v) is 3.74. The molecule has 76 valence electrons. The van der Waals surface area contributed by atoms with Crippen LogP contribution in [0.5, 0.6) is 0 Å². The SMILES string of the molecule is CN(CC1(O)CCCC1)C(=O)NN. The number of hydrogen-bond acceptors (Lipinski definition) is 3. The quantitative estimate of drug-likeness (QED) is 0.318. The number of rotatable bonds is 2. The first-order valence-corrected chi connectivity index (χ1v) is 4.51. The van der Waals surface area contributed by atoms with E-state index in [2.05, 4.69) is 0 Å². The molecule has 0 unspecified atom stereocenters. The van der Waals surface area contributed by atoms with Crippen molar-refractivity contribution in [3.8, 4) is 0 Å². The number of aliphatic hydroxyl groups is 1. The van der Waals surface area contributed by atoms with E-state index < -0.39 is 5.60 Å². The monoisotopic (exact) mass is 187 g/mol. The second kappa shape index (κ2) is 3.93. The van der Waals surface area contributed by atoms with Gasteiger partial charge in [-0.1, -0.05) is 12.8 Å². The van der Waals surface area contributed by atoms with Gasteiger partial charge >= 0.3 is 6.03 Å². The standard InChI is InChI=1S/C8H17N3O2/c1-11(7(12)10-9)6-8(13)4-2-3-5-8/h13H,2-6,9H2,1H3,(H,10,12). The Labute approximate surface area is 77.9 Å². The van der Waals surface area contributed by atoms with Crippen LogP contribution in [0.15, 0.2) is 0 Å². The summed E-state index contributed by atoms with van der Waals surface area (Å²) < 4.78 is 0. The van der Waals surface area contributed by atoms with Crippen molar-refractivity contribution in [2.75, 3.05) is 13.6 Å². The number of hydrazine groups is 1. The normalized spacial score (nSPS) is 19.9. The first-order valence-electron chi connectivity index (χ1n) is 4.51. The molecule has 0 heterocycles. The van der Waals surface area contributed by atoms with Gasteiger partial charge in [-0.2, -0.15) is 0 Å². The van der Waals surface area contributed by atoms with Crippen molar-refractivity contribution in [3.63, 3.8) is 0 Å². The summed E-state index contributed by atoms with van der Waals surface area (Å²) in [6, 6.07) is -0.361. The van der Waals surface area contributed by atoms with E-state index in [9.17, 15) is 9.90 Å². The zero-order valence-electron chi connectivity index (χ0n) is 7.92. The summed E-state index contributed by atoms with van der Waals surface area (Å²) in [7, 11) is 1.62. The van der Waals surface area contributed by atoms with Crippen molar-refractivity contribution in [2.24, 2.45) is 5.84 Å². The number of carbonyl (C=O) groups is 1. The number of hydrogen-bond donors (Lipinski definition) is 3. The molecule has 1 saturated carbocycles. The molecule has 5 nitrogen and oxygen atoms in total. The van der Waals surface area contributed by atoms with Gasteiger partial charge in [-0.15, -0.1) is 0 Å². The molecule has 0 aromatic rings. The highest BCUT2D eigenvalue weighted by Crippen LogP contribution is 2.29. The van der Waals surface area contributed by atoms with Crippen LogP contribution in [0.1, 0.15) is 25.7 Å². The molecule has 4 N–H and O–H groups in total. The molecule has 0 atom stereocenters. The number of amides is 2. The third-order valence-corrected chi connectivity index (χ3v) is 2.54. The van der Waals surface area contributed by atoms with E-state index >= 15 is 0 Å². The molecule has 0 aliphatic heterocycles. The molecule has 0 aromatic carbocycles. The largest absolute Gasteiger partial charge is 0.388 e. The van der Waals surface area contributed by atoms with Gasteiger partial charge < -0.3 is 10.0 Å². The second-order valence-electron chi connectivity index (χ2n) is 3.74. The summed E-state index contributed by atoms with van der Waals surface area (Å²) in [6.07, 6.45) is 3.62. The highest BCUT2D eigenvalue weighted by atomic mass is 16.3. The molecule has 13 heavy (non-hydrogen) atoms. The van der Waals surface area contributed by atoms with E-state index in [0.29, 0.717) is 6.54 Å². The molecule has 1 aliphatic carbocycles. The lowest BCUT2D eigenvalue weighted by atomic mass is 10.0. The average molecular weight is 187 g/mol. The Bertz CT molecular complexity index is 190.